The molecule has 11 N–H and O–H groups in total. The Balaban J connectivity index is 2.83. The zero-order chi connectivity index (χ0) is 37.1. The molecule has 1 rings (SSSR count). The van der Waals surface area contributed by atoms with Gasteiger partial charge in [-0.1, -0.05) is 20.3 Å². The number of rotatable bonds is 23. The van der Waals surface area contributed by atoms with E-state index >= 15 is 0 Å². The van der Waals surface area contributed by atoms with Crippen molar-refractivity contribution in [3.63, 3.8) is 0 Å². The third kappa shape index (κ3) is 15.6. The van der Waals surface area contributed by atoms with Crippen LogP contribution in [0.4, 0.5) is 0 Å². The zero-order valence-electron chi connectivity index (χ0n) is 27.9. The zero-order valence-corrected chi connectivity index (χ0v) is 29.6. The number of carboxylic acids is 1. The van der Waals surface area contributed by atoms with E-state index in [-0.39, 0.29) is 25.0 Å². The summed E-state index contributed by atoms with van der Waals surface area (Å²) in [5.41, 5.74) is 5.19. The molecule has 1 aliphatic rings. The second-order valence-electron chi connectivity index (χ2n) is 11.5. The van der Waals surface area contributed by atoms with E-state index in [1.807, 2.05) is 0 Å². The van der Waals surface area contributed by atoms with E-state index in [0.717, 1.165) is 6.42 Å². The van der Waals surface area contributed by atoms with Crippen molar-refractivity contribution in [1.29, 1.82) is 0 Å². The van der Waals surface area contributed by atoms with Crippen molar-refractivity contribution in [1.82, 2.24) is 37.2 Å². The van der Waals surface area contributed by atoms with Crippen LogP contribution in [0.5, 0.6) is 0 Å². The topological polar surface area (TPSA) is 287 Å². The summed E-state index contributed by atoms with van der Waals surface area (Å²) in [6, 6.07) is -6.90. The molecular weight excluding hydrogens is 684 g/mol. The molecule has 7 amide bonds. The molecule has 1 heterocycles. The van der Waals surface area contributed by atoms with E-state index < -0.39 is 103 Å². The Morgan fingerprint density at radius 1 is 0.898 bits per heavy atom. The first-order valence-electron chi connectivity index (χ1n) is 15.9. The fraction of sp³-hybridized carbons (Fsp3) is 0.724. The van der Waals surface area contributed by atoms with Gasteiger partial charge in [0.25, 0.3) is 0 Å². The van der Waals surface area contributed by atoms with Gasteiger partial charge in [0.1, 0.15) is 30.2 Å². The molecule has 0 aliphatic carbocycles. The smallest absolute Gasteiger partial charge is 0.326 e. The van der Waals surface area contributed by atoms with Gasteiger partial charge in [-0.3, -0.25) is 33.6 Å². The second kappa shape index (κ2) is 22.9. The molecule has 0 spiro atoms. The van der Waals surface area contributed by atoms with E-state index in [2.05, 4.69) is 49.8 Å². The van der Waals surface area contributed by atoms with E-state index in [4.69, 9.17) is 5.73 Å². The number of aliphatic carboxylic acids is 1. The van der Waals surface area contributed by atoms with Crippen LogP contribution in [-0.2, 0) is 38.4 Å². The summed E-state index contributed by atoms with van der Waals surface area (Å²) in [6.45, 7) is 2.57. The van der Waals surface area contributed by atoms with Gasteiger partial charge < -0.3 is 53.2 Å². The van der Waals surface area contributed by atoms with Gasteiger partial charge in [0.15, 0.2) is 0 Å². The van der Waals surface area contributed by atoms with E-state index in [1.54, 1.807) is 20.1 Å². The van der Waals surface area contributed by atoms with Gasteiger partial charge in [0.2, 0.25) is 41.4 Å². The Hall–Kier alpha value is -3.62. The highest BCUT2D eigenvalue weighted by molar-refractivity contribution is 7.98. The molecule has 18 nitrogen and oxygen atoms in total. The molecule has 0 aromatic carbocycles. The minimum Gasteiger partial charge on any atom is -0.480 e. The molecule has 0 saturated carbocycles. The highest BCUT2D eigenvalue weighted by atomic mass is 32.2. The number of hydrogen-bond donors (Lipinski definition) is 11. The Kier molecular flexibility index (Phi) is 20.3. The lowest BCUT2D eigenvalue weighted by molar-refractivity contribution is -0.142. The van der Waals surface area contributed by atoms with Gasteiger partial charge in [0, 0.05) is 12.2 Å². The number of thiol groups is 1. The van der Waals surface area contributed by atoms with Crippen molar-refractivity contribution < 1.29 is 48.6 Å². The van der Waals surface area contributed by atoms with E-state index in [9.17, 15) is 48.6 Å². The highest BCUT2D eigenvalue weighted by Gasteiger charge is 2.33. The molecule has 1 fully saturated rings. The van der Waals surface area contributed by atoms with Gasteiger partial charge in [0.05, 0.1) is 19.2 Å². The standard InChI is InChI=1S/C29H50N8O10S2/c1-4-15(2)23(28(45)35-18(29(46)47)9-11-49-3)37-26(43)19(13-38)36-27(44)20(14-48)33-22(40)12-32-24(41)17(7-8-21(30)39)34-25(42)16-6-5-10-31-16/h15-20,23,31,38,48H,4-14H2,1-3H3,(H2,30,39)(H,32,41)(H,33,40)(H,34,42)(H,35,45)(H,36,44)(H,37,43)(H,46,47). The van der Waals surface area contributed by atoms with Crippen molar-refractivity contribution in [2.75, 3.05) is 37.5 Å². The number of nitrogens with one attached hydrogen (secondary N) is 7. The summed E-state index contributed by atoms with van der Waals surface area (Å²) >= 11 is 5.48. The van der Waals surface area contributed by atoms with Gasteiger partial charge >= 0.3 is 5.97 Å². The lowest BCUT2D eigenvalue weighted by atomic mass is 9.97. The van der Waals surface area contributed by atoms with Crippen LogP contribution in [0.15, 0.2) is 0 Å². The quantitative estimate of drug-likeness (QED) is 0.0454. The fourth-order valence-electron chi connectivity index (χ4n) is 4.64. The Morgan fingerprint density at radius 2 is 1.55 bits per heavy atom. The minimum absolute atomic E-state index is 0.106. The summed E-state index contributed by atoms with van der Waals surface area (Å²) in [5.74, 6) is -6.75. The van der Waals surface area contributed by atoms with Crippen molar-refractivity contribution in [2.45, 2.75) is 88.6 Å². The molecule has 278 valence electrons. The van der Waals surface area contributed by atoms with Crippen molar-refractivity contribution in [2.24, 2.45) is 11.7 Å². The normalized spacial score (nSPS) is 17.6. The first-order valence-corrected chi connectivity index (χ1v) is 17.9. The highest BCUT2D eigenvalue weighted by Crippen LogP contribution is 2.11. The number of carbonyl (C=O) groups is 8. The van der Waals surface area contributed by atoms with E-state index in [1.165, 1.54) is 11.8 Å². The summed E-state index contributed by atoms with van der Waals surface area (Å²) in [7, 11) is 0. The van der Waals surface area contributed by atoms with Gasteiger partial charge in [-0.05, 0) is 50.2 Å². The average Bonchev–Trinajstić information content (AvgIpc) is 3.62. The number of carbonyl (C=O) groups excluding carboxylic acids is 7. The van der Waals surface area contributed by atoms with Crippen LogP contribution in [0, 0.1) is 5.92 Å². The SMILES string of the molecule is CCC(C)C(NC(=O)C(CO)NC(=O)C(CS)NC(=O)CNC(=O)C(CCC(N)=O)NC(=O)C1CCCN1)C(=O)NC(CCSC)C(=O)O. The third-order valence-corrected chi connectivity index (χ3v) is 8.79. The van der Waals surface area contributed by atoms with Crippen molar-refractivity contribution in [3.8, 4) is 0 Å². The molecular formula is C29H50N8O10S2. The maximum absolute atomic E-state index is 13.1. The summed E-state index contributed by atoms with van der Waals surface area (Å²) in [6.07, 6.45) is 3.42. The Bertz CT molecular complexity index is 1170. The van der Waals surface area contributed by atoms with Crippen LogP contribution < -0.4 is 43.0 Å². The Labute approximate surface area is 294 Å². The third-order valence-electron chi connectivity index (χ3n) is 7.78. The maximum Gasteiger partial charge on any atom is 0.326 e. The number of amides is 7. The minimum atomic E-state index is -1.55. The van der Waals surface area contributed by atoms with Crippen LogP contribution in [0.2, 0.25) is 0 Å². The lowest BCUT2D eigenvalue weighted by Gasteiger charge is -2.27. The Morgan fingerprint density at radius 3 is 2.08 bits per heavy atom. The number of thioether (sulfide) groups is 1. The molecule has 20 heteroatoms. The average molecular weight is 735 g/mol. The predicted octanol–water partition coefficient (Wildman–Crippen LogP) is -3.65. The van der Waals surface area contributed by atoms with Crippen LogP contribution in [0.25, 0.3) is 0 Å². The largest absolute Gasteiger partial charge is 0.480 e. The van der Waals surface area contributed by atoms with Crippen LogP contribution in [0.1, 0.15) is 52.4 Å². The first kappa shape index (κ1) is 43.4. The number of hydrogen-bond acceptors (Lipinski definition) is 12. The molecule has 7 atom stereocenters. The van der Waals surface area contributed by atoms with Crippen LogP contribution in [0.3, 0.4) is 0 Å². The summed E-state index contributed by atoms with van der Waals surface area (Å²) in [4.78, 5) is 99.9. The molecule has 0 aromatic heterocycles. The summed E-state index contributed by atoms with van der Waals surface area (Å²) in [5, 5.41) is 36.8. The van der Waals surface area contributed by atoms with Crippen molar-refractivity contribution in [3.05, 3.63) is 0 Å². The molecule has 0 bridgehead atoms. The number of nitrogens with two attached hydrogens (primary N) is 1. The first-order chi connectivity index (χ1) is 23.2. The molecule has 0 radical (unpaired) electrons. The van der Waals surface area contributed by atoms with Crippen LogP contribution >= 0.6 is 24.4 Å². The molecule has 49 heavy (non-hydrogen) atoms. The van der Waals surface area contributed by atoms with Crippen LogP contribution in [-0.4, -0.2) is 131 Å². The number of aliphatic hydroxyl groups excluding tert-OH is 1. The molecule has 1 saturated heterocycles. The predicted molar refractivity (Wildman–Crippen MR) is 183 cm³/mol. The van der Waals surface area contributed by atoms with Gasteiger partial charge in [-0.15, -0.1) is 0 Å². The molecule has 0 aromatic rings. The fourth-order valence-corrected chi connectivity index (χ4v) is 5.37. The number of carboxylic acid groups (broad SMARTS) is 1. The number of primary amides is 1. The molecule has 1 aliphatic heterocycles. The molecule has 7 unspecified atom stereocenters. The monoisotopic (exact) mass is 734 g/mol. The lowest BCUT2D eigenvalue weighted by Crippen LogP contribution is -2.60. The maximum atomic E-state index is 13.1. The summed E-state index contributed by atoms with van der Waals surface area (Å²) < 4.78 is 0. The number of aliphatic hydroxyl groups is 1. The second-order valence-corrected chi connectivity index (χ2v) is 12.9. The van der Waals surface area contributed by atoms with Gasteiger partial charge in [-0.2, -0.15) is 24.4 Å². The van der Waals surface area contributed by atoms with Gasteiger partial charge in [-0.25, -0.2) is 4.79 Å². The van der Waals surface area contributed by atoms with E-state index in [0.29, 0.717) is 25.1 Å². The van der Waals surface area contributed by atoms with Crippen molar-refractivity contribution >= 4 is 71.7 Å².